The lowest BCUT2D eigenvalue weighted by molar-refractivity contribution is 0.351. The number of aromatic hydroxyl groups is 1. The molecule has 0 aliphatic rings. The molecule has 76 valence electrons. The van der Waals surface area contributed by atoms with Crippen molar-refractivity contribution in [3.8, 4) is 5.75 Å². The van der Waals surface area contributed by atoms with E-state index in [9.17, 15) is 9.18 Å². The normalized spacial score (nSPS) is 12.4. The number of rotatable bonds is 3. The summed E-state index contributed by atoms with van der Waals surface area (Å²) < 4.78 is 14.5. The molecule has 1 heterocycles. The van der Waals surface area contributed by atoms with Crippen LogP contribution in [0.3, 0.4) is 0 Å². The molecule has 1 aromatic rings. The number of alkyl halides is 1. The predicted molar refractivity (Wildman–Crippen MR) is 52.1 cm³/mol. The van der Waals surface area contributed by atoms with Crippen LogP contribution in [0.1, 0.15) is 18.8 Å². The summed E-state index contributed by atoms with van der Waals surface area (Å²) in [7, 11) is 0. The van der Waals surface area contributed by atoms with E-state index in [1.54, 1.807) is 6.08 Å². The average molecular weight is 197 g/mol. The van der Waals surface area contributed by atoms with E-state index in [0.29, 0.717) is 6.54 Å². The van der Waals surface area contributed by atoms with Gasteiger partial charge in [-0.2, -0.15) is 0 Å². The van der Waals surface area contributed by atoms with E-state index in [1.807, 2.05) is 0 Å². The number of allylic oxidation sites excluding steroid dienone is 1. The molecule has 1 atom stereocenters. The van der Waals surface area contributed by atoms with Gasteiger partial charge < -0.3 is 9.67 Å². The zero-order valence-electron chi connectivity index (χ0n) is 7.90. The van der Waals surface area contributed by atoms with Gasteiger partial charge in [0.25, 0.3) is 0 Å². The first-order chi connectivity index (χ1) is 6.56. The van der Waals surface area contributed by atoms with Gasteiger partial charge in [0.1, 0.15) is 6.17 Å². The fourth-order valence-corrected chi connectivity index (χ4v) is 1.22. The summed E-state index contributed by atoms with van der Waals surface area (Å²) in [6, 6.07) is 1.10. The van der Waals surface area contributed by atoms with Gasteiger partial charge in [0, 0.05) is 12.6 Å². The maximum Gasteiger partial charge on any atom is 0.223 e. The lowest BCUT2D eigenvalue weighted by Crippen LogP contribution is -2.12. The van der Waals surface area contributed by atoms with Crippen molar-refractivity contribution in [2.24, 2.45) is 0 Å². The highest BCUT2D eigenvalue weighted by Gasteiger charge is 2.10. The highest BCUT2D eigenvalue weighted by atomic mass is 19.1. The minimum absolute atomic E-state index is 0.243. The first-order valence-corrected chi connectivity index (χ1v) is 4.24. The van der Waals surface area contributed by atoms with Crippen LogP contribution in [-0.2, 0) is 6.54 Å². The van der Waals surface area contributed by atoms with Crippen molar-refractivity contribution in [1.29, 1.82) is 0 Å². The Morgan fingerprint density at radius 3 is 2.93 bits per heavy atom. The molecule has 0 aliphatic carbocycles. The summed E-state index contributed by atoms with van der Waals surface area (Å²) in [6.07, 6.45) is 1.54. The van der Waals surface area contributed by atoms with Crippen molar-refractivity contribution in [2.75, 3.05) is 0 Å². The van der Waals surface area contributed by atoms with Crippen molar-refractivity contribution in [3.63, 3.8) is 0 Å². The van der Waals surface area contributed by atoms with E-state index in [-0.39, 0.29) is 11.4 Å². The average Bonchev–Trinajstić information content (AvgIpc) is 2.11. The van der Waals surface area contributed by atoms with Crippen LogP contribution in [0, 0.1) is 0 Å². The molecule has 0 aromatic carbocycles. The Hall–Kier alpha value is -1.58. The molecule has 4 heteroatoms. The van der Waals surface area contributed by atoms with Crippen LogP contribution in [0.5, 0.6) is 5.75 Å². The molecule has 0 saturated carbocycles. The molecule has 0 amide bonds. The van der Waals surface area contributed by atoms with Gasteiger partial charge in [-0.15, -0.1) is 6.58 Å². The Morgan fingerprint density at radius 1 is 1.79 bits per heavy atom. The second-order valence-corrected chi connectivity index (χ2v) is 3.00. The van der Waals surface area contributed by atoms with Gasteiger partial charge in [0.2, 0.25) is 5.43 Å². The van der Waals surface area contributed by atoms with Gasteiger partial charge in [-0.05, 0) is 6.92 Å². The van der Waals surface area contributed by atoms with Gasteiger partial charge in [0.15, 0.2) is 5.75 Å². The van der Waals surface area contributed by atoms with Gasteiger partial charge in [-0.1, -0.05) is 6.08 Å². The molecule has 0 fully saturated rings. The number of aromatic nitrogens is 1. The topological polar surface area (TPSA) is 42.2 Å². The first-order valence-electron chi connectivity index (χ1n) is 4.24. The van der Waals surface area contributed by atoms with Crippen LogP contribution in [0.2, 0.25) is 0 Å². The van der Waals surface area contributed by atoms with Crippen molar-refractivity contribution >= 4 is 0 Å². The number of pyridine rings is 1. The second-order valence-electron chi connectivity index (χ2n) is 3.00. The largest absolute Gasteiger partial charge is 0.503 e. The van der Waals surface area contributed by atoms with Crippen LogP contribution in [-0.4, -0.2) is 9.67 Å². The van der Waals surface area contributed by atoms with Crippen molar-refractivity contribution in [1.82, 2.24) is 4.57 Å². The maximum absolute atomic E-state index is 13.1. The van der Waals surface area contributed by atoms with Gasteiger partial charge >= 0.3 is 0 Å². The van der Waals surface area contributed by atoms with Gasteiger partial charge in [-0.25, -0.2) is 4.39 Å². The van der Waals surface area contributed by atoms with Crippen LogP contribution in [0.15, 0.2) is 29.7 Å². The van der Waals surface area contributed by atoms with Crippen molar-refractivity contribution < 1.29 is 9.50 Å². The molecule has 3 nitrogen and oxygen atoms in total. The first kappa shape index (κ1) is 10.5. The quantitative estimate of drug-likeness (QED) is 0.750. The highest BCUT2D eigenvalue weighted by molar-refractivity contribution is 5.21. The fraction of sp³-hybridized carbons (Fsp3) is 0.300. The molecular weight excluding hydrogens is 185 g/mol. The van der Waals surface area contributed by atoms with Gasteiger partial charge in [0.05, 0.1) is 11.9 Å². The maximum atomic E-state index is 13.1. The van der Waals surface area contributed by atoms with Crippen molar-refractivity contribution in [3.05, 3.63) is 40.8 Å². The van der Waals surface area contributed by atoms with Crippen LogP contribution < -0.4 is 5.43 Å². The molecule has 1 unspecified atom stereocenters. The Balaban J connectivity index is 3.30. The minimum Gasteiger partial charge on any atom is -0.503 e. The molecule has 1 N–H and O–H groups in total. The molecule has 0 bridgehead atoms. The van der Waals surface area contributed by atoms with E-state index in [2.05, 4.69) is 6.58 Å². The molecule has 0 aliphatic heterocycles. The molecule has 1 aromatic heterocycles. The Labute approximate surface area is 81.1 Å². The molecule has 1 rings (SSSR count). The Morgan fingerprint density at radius 2 is 2.43 bits per heavy atom. The van der Waals surface area contributed by atoms with E-state index in [0.717, 1.165) is 6.07 Å². The summed E-state index contributed by atoms with van der Waals surface area (Å²) in [6.45, 7) is 5.20. The zero-order valence-corrected chi connectivity index (χ0v) is 7.90. The number of halogens is 1. The zero-order chi connectivity index (χ0) is 10.7. The van der Waals surface area contributed by atoms with Gasteiger partial charge in [-0.3, -0.25) is 4.79 Å². The fourth-order valence-electron chi connectivity index (χ4n) is 1.22. The smallest absolute Gasteiger partial charge is 0.223 e. The van der Waals surface area contributed by atoms with E-state index in [4.69, 9.17) is 5.11 Å². The summed E-state index contributed by atoms with van der Waals surface area (Å²) >= 11 is 0. The molecule has 14 heavy (non-hydrogen) atoms. The van der Waals surface area contributed by atoms with E-state index >= 15 is 0 Å². The molecule has 0 spiro atoms. The Kier molecular flexibility index (Phi) is 3.06. The van der Waals surface area contributed by atoms with Crippen LogP contribution >= 0.6 is 0 Å². The number of hydrogen-bond acceptors (Lipinski definition) is 2. The van der Waals surface area contributed by atoms with E-state index < -0.39 is 11.6 Å². The third-order valence-electron chi connectivity index (χ3n) is 1.87. The number of nitrogens with zero attached hydrogens (tertiary/aromatic N) is 1. The van der Waals surface area contributed by atoms with Crippen molar-refractivity contribution in [2.45, 2.75) is 19.6 Å². The standard InChI is InChI=1S/C10H12FNO2/c1-3-4-12-6-10(14)9(13)5-8(12)7(2)11/h3,5-7,14H,1,4H2,2H3. The second kappa shape index (κ2) is 4.09. The van der Waals surface area contributed by atoms with Crippen LogP contribution in [0.25, 0.3) is 0 Å². The number of hydrogen-bond donors (Lipinski definition) is 1. The van der Waals surface area contributed by atoms with E-state index in [1.165, 1.54) is 17.7 Å². The summed E-state index contributed by atoms with van der Waals surface area (Å²) in [5.41, 5.74) is -0.322. The lowest BCUT2D eigenvalue weighted by Gasteiger charge is -2.12. The Bertz CT molecular complexity index is 396. The minimum atomic E-state index is -1.25. The summed E-state index contributed by atoms with van der Waals surface area (Å²) in [4.78, 5) is 11.0. The molecular formula is C10H12FNO2. The lowest BCUT2D eigenvalue weighted by atomic mass is 10.2. The molecule has 0 saturated heterocycles. The summed E-state index contributed by atoms with van der Waals surface area (Å²) in [5, 5.41) is 9.14. The van der Waals surface area contributed by atoms with Crippen LogP contribution in [0.4, 0.5) is 4.39 Å². The SMILES string of the molecule is C=CCn1cc(O)c(=O)cc1C(C)F. The monoisotopic (exact) mass is 197 g/mol. The third-order valence-corrected chi connectivity index (χ3v) is 1.87. The predicted octanol–water partition coefficient (Wildman–Crippen LogP) is 1.77. The molecule has 0 radical (unpaired) electrons. The third kappa shape index (κ3) is 2.02. The summed E-state index contributed by atoms with van der Waals surface area (Å²) in [5.74, 6) is -0.378. The highest BCUT2D eigenvalue weighted by Crippen LogP contribution is 2.16.